The molecule has 3 rings (SSSR count). The summed E-state index contributed by atoms with van der Waals surface area (Å²) in [4.78, 5) is 14.9. The fraction of sp³-hybridized carbons (Fsp3) is 0.938. The van der Waals surface area contributed by atoms with E-state index in [4.69, 9.17) is 0 Å². The zero-order valence-corrected chi connectivity index (χ0v) is 12.4. The highest BCUT2D eigenvalue weighted by Gasteiger charge is 2.46. The first-order chi connectivity index (χ1) is 9.20. The molecule has 0 aromatic heterocycles. The molecule has 1 N–H and O–H groups in total. The van der Waals surface area contributed by atoms with Crippen LogP contribution in [0.2, 0.25) is 0 Å². The minimum atomic E-state index is 0.0588. The molecule has 1 saturated heterocycles. The van der Waals surface area contributed by atoms with Gasteiger partial charge in [0.1, 0.15) is 0 Å². The van der Waals surface area contributed by atoms with Crippen molar-refractivity contribution >= 4 is 5.91 Å². The van der Waals surface area contributed by atoms with Crippen LogP contribution >= 0.6 is 0 Å². The molecule has 3 nitrogen and oxygen atoms in total. The molecule has 0 aromatic carbocycles. The number of amides is 1. The summed E-state index contributed by atoms with van der Waals surface area (Å²) in [5, 5.41) is 3.21. The molecule has 108 valence electrons. The van der Waals surface area contributed by atoms with E-state index >= 15 is 0 Å². The summed E-state index contributed by atoms with van der Waals surface area (Å²) < 4.78 is 0. The number of nitrogens with zero attached hydrogens (tertiary/aromatic N) is 1. The van der Waals surface area contributed by atoms with E-state index in [1.165, 1.54) is 38.5 Å². The lowest BCUT2D eigenvalue weighted by Gasteiger charge is -2.34. The second-order valence-corrected chi connectivity index (χ2v) is 6.96. The van der Waals surface area contributed by atoms with Crippen molar-refractivity contribution in [1.29, 1.82) is 0 Å². The maximum absolute atomic E-state index is 12.6. The third kappa shape index (κ3) is 2.67. The van der Waals surface area contributed by atoms with Crippen LogP contribution in [0.15, 0.2) is 0 Å². The SMILES string of the molecule is CNC1CCCC(C)N(CC2CCCC3CC32)C1=O. The number of hydrogen-bond acceptors (Lipinski definition) is 2. The first-order valence-corrected chi connectivity index (χ1v) is 8.18. The second kappa shape index (κ2) is 5.43. The van der Waals surface area contributed by atoms with Gasteiger partial charge in [0, 0.05) is 12.6 Å². The number of rotatable bonds is 3. The zero-order chi connectivity index (χ0) is 13.4. The highest BCUT2D eigenvalue weighted by molar-refractivity contribution is 5.82. The predicted molar refractivity (Wildman–Crippen MR) is 76.8 cm³/mol. The number of likely N-dealkylation sites (N-methyl/N-ethyl adjacent to an activating group) is 1. The molecule has 2 saturated carbocycles. The lowest BCUT2D eigenvalue weighted by atomic mass is 9.88. The molecule has 3 fully saturated rings. The largest absolute Gasteiger partial charge is 0.338 e. The third-order valence-electron chi connectivity index (χ3n) is 5.74. The van der Waals surface area contributed by atoms with E-state index in [0.29, 0.717) is 11.9 Å². The van der Waals surface area contributed by atoms with E-state index in [1.807, 2.05) is 7.05 Å². The third-order valence-corrected chi connectivity index (χ3v) is 5.74. The van der Waals surface area contributed by atoms with Crippen LogP contribution < -0.4 is 5.32 Å². The van der Waals surface area contributed by atoms with E-state index in [2.05, 4.69) is 17.1 Å². The summed E-state index contributed by atoms with van der Waals surface area (Å²) >= 11 is 0. The fourth-order valence-electron chi connectivity index (χ4n) is 4.37. The van der Waals surface area contributed by atoms with E-state index in [9.17, 15) is 4.79 Å². The Bertz CT molecular complexity index is 344. The maximum Gasteiger partial charge on any atom is 0.239 e. The molecule has 1 heterocycles. The summed E-state index contributed by atoms with van der Waals surface area (Å²) in [7, 11) is 1.92. The van der Waals surface area contributed by atoms with Crippen LogP contribution in [0.5, 0.6) is 0 Å². The molecule has 5 atom stereocenters. The van der Waals surface area contributed by atoms with Crippen molar-refractivity contribution in [3.63, 3.8) is 0 Å². The van der Waals surface area contributed by atoms with Crippen molar-refractivity contribution in [2.24, 2.45) is 17.8 Å². The van der Waals surface area contributed by atoms with Gasteiger partial charge in [-0.15, -0.1) is 0 Å². The molecular weight excluding hydrogens is 236 g/mol. The smallest absolute Gasteiger partial charge is 0.239 e. The van der Waals surface area contributed by atoms with Gasteiger partial charge in [-0.2, -0.15) is 0 Å². The molecule has 2 aliphatic carbocycles. The van der Waals surface area contributed by atoms with Crippen molar-refractivity contribution in [1.82, 2.24) is 10.2 Å². The maximum atomic E-state index is 12.6. The highest BCUT2D eigenvalue weighted by Crippen LogP contribution is 2.53. The minimum absolute atomic E-state index is 0.0588. The van der Waals surface area contributed by atoms with Gasteiger partial charge in [-0.05, 0) is 63.8 Å². The molecule has 1 amide bonds. The normalized spacial score (nSPS) is 42.7. The molecule has 3 heteroatoms. The Morgan fingerprint density at radius 2 is 2.00 bits per heavy atom. The van der Waals surface area contributed by atoms with E-state index < -0.39 is 0 Å². The van der Waals surface area contributed by atoms with Gasteiger partial charge in [0.05, 0.1) is 6.04 Å². The van der Waals surface area contributed by atoms with Crippen molar-refractivity contribution in [3.8, 4) is 0 Å². The summed E-state index contributed by atoms with van der Waals surface area (Å²) in [6.45, 7) is 3.27. The number of carbonyl (C=O) groups excluding carboxylic acids is 1. The number of hydrogen-bond donors (Lipinski definition) is 1. The molecule has 3 aliphatic rings. The van der Waals surface area contributed by atoms with Crippen LogP contribution in [0.25, 0.3) is 0 Å². The van der Waals surface area contributed by atoms with E-state index in [-0.39, 0.29) is 6.04 Å². The Morgan fingerprint density at radius 1 is 1.21 bits per heavy atom. The van der Waals surface area contributed by atoms with Crippen molar-refractivity contribution in [3.05, 3.63) is 0 Å². The highest BCUT2D eigenvalue weighted by atomic mass is 16.2. The van der Waals surface area contributed by atoms with Crippen LogP contribution in [0.1, 0.15) is 51.9 Å². The van der Waals surface area contributed by atoms with Crippen molar-refractivity contribution in [2.45, 2.75) is 64.0 Å². The fourth-order valence-corrected chi connectivity index (χ4v) is 4.37. The van der Waals surface area contributed by atoms with Crippen LogP contribution in [-0.4, -0.2) is 36.5 Å². The van der Waals surface area contributed by atoms with Crippen LogP contribution in [0, 0.1) is 17.8 Å². The van der Waals surface area contributed by atoms with Gasteiger partial charge in [0.2, 0.25) is 5.91 Å². The topological polar surface area (TPSA) is 32.3 Å². The van der Waals surface area contributed by atoms with Crippen molar-refractivity contribution in [2.75, 3.05) is 13.6 Å². The minimum Gasteiger partial charge on any atom is -0.338 e. The van der Waals surface area contributed by atoms with Gasteiger partial charge in [0.15, 0.2) is 0 Å². The van der Waals surface area contributed by atoms with E-state index in [1.54, 1.807) is 0 Å². The molecule has 0 spiro atoms. The summed E-state index contributed by atoms with van der Waals surface area (Å²) in [6, 6.07) is 0.494. The molecule has 0 radical (unpaired) electrons. The standard InChI is InChI=1S/C16H28N2O/c1-11-5-3-8-15(17-2)16(19)18(11)10-13-7-4-6-12-9-14(12)13/h11-15,17H,3-10H2,1-2H3. The zero-order valence-electron chi connectivity index (χ0n) is 12.4. The summed E-state index contributed by atoms with van der Waals surface area (Å²) in [5.74, 6) is 3.11. The average Bonchev–Trinajstić information content (AvgIpc) is 3.20. The molecular formula is C16H28N2O. The molecule has 1 aliphatic heterocycles. The number of fused-ring (bicyclic) bond motifs is 1. The van der Waals surface area contributed by atoms with Crippen molar-refractivity contribution < 1.29 is 4.79 Å². The summed E-state index contributed by atoms with van der Waals surface area (Å²) in [5.41, 5.74) is 0. The van der Waals surface area contributed by atoms with Gasteiger partial charge in [-0.3, -0.25) is 4.79 Å². The van der Waals surface area contributed by atoms with E-state index in [0.717, 1.165) is 30.7 Å². The lowest BCUT2D eigenvalue weighted by molar-refractivity contribution is -0.135. The van der Waals surface area contributed by atoms with Gasteiger partial charge in [-0.1, -0.05) is 12.8 Å². The van der Waals surface area contributed by atoms with Crippen LogP contribution in [0.4, 0.5) is 0 Å². The monoisotopic (exact) mass is 264 g/mol. The Morgan fingerprint density at radius 3 is 2.79 bits per heavy atom. The lowest BCUT2D eigenvalue weighted by Crippen LogP contribution is -2.49. The molecule has 0 aromatic rings. The average molecular weight is 264 g/mol. The molecule has 19 heavy (non-hydrogen) atoms. The Hall–Kier alpha value is -0.570. The number of nitrogens with one attached hydrogen (secondary N) is 1. The van der Waals surface area contributed by atoms with Crippen LogP contribution in [0.3, 0.4) is 0 Å². The Kier molecular flexibility index (Phi) is 3.84. The predicted octanol–water partition coefficient (Wildman–Crippen LogP) is 2.41. The quantitative estimate of drug-likeness (QED) is 0.849. The number of likely N-dealkylation sites (tertiary alicyclic amines) is 1. The molecule has 5 unspecified atom stereocenters. The first-order valence-electron chi connectivity index (χ1n) is 8.18. The van der Waals surface area contributed by atoms with Gasteiger partial charge >= 0.3 is 0 Å². The first kappa shape index (κ1) is 13.4. The van der Waals surface area contributed by atoms with Gasteiger partial charge < -0.3 is 10.2 Å². The summed E-state index contributed by atoms with van der Waals surface area (Å²) in [6.07, 6.45) is 8.98. The second-order valence-electron chi connectivity index (χ2n) is 6.96. The Balaban J connectivity index is 1.67. The Labute approximate surface area is 117 Å². The van der Waals surface area contributed by atoms with Gasteiger partial charge in [-0.25, -0.2) is 0 Å². The van der Waals surface area contributed by atoms with Crippen LogP contribution in [-0.2, 0) is 4.79 Å². The number of carbonyl (C=O) groups is 1. The van der Waals surface area contributed by atoms with Gasteiger partial charge in [0.25, 0.3) is 0 Å². The molecule has 0 bridgehead atoms.